The first-order chi connectivity index (χ1) is 18.3. The summed E-state index contributed by atoms with van der Waals surface area (Å²) in [6.45, 7) is 3.61. The summed E-state index contributed by atoms with van der Waals surface area (Å²) >= 11 is 0. The van der Waals surface area contributed by atoms with E-state index in [0.717, 1.165) is 42.4 Å². The van der Waals surface area contributed by atoms with E-state index in [1.54, 1.807) is 12.4 Å². The van der Waals surface area contributed by atoms with E-state index in [2.05, 4.69) is 16.9 Å². The minimum absolute atomic E-state index is 0.253. The molecule has 0 bridgehead atoms. The molecule has 1 saturated carbocycles. The van der Waals surface area contributed by atoms with Crippen LogP contribution in [0.2, 0.25) is 0 Å². The number of nitrogens with zero attached hydrogens (tertiary/aromatic N) is 2. The molecule has 2 unspecified atom stereocenters. The lowest BCUT2D eigenvalue weighted by Gasteiger charge is -2.08. The van der Waals surface area contributed by atoms with Crippen molar-refractivity contribution >= 4 is 0 Å². The topological polar surface area (TPSA) is 56.8 Å². The van der Waals surface area contributed by atoms with Crippen LogP contribution in [0.25, 0.3) is 11.4 Å². The van der Waals surface area contributed by atoms with Crippen LogP contribution in [0, 0.1) is 5.92 Å². The van der Waals surface area contributed by atoms with Crippen LogP contribution in [0.4, 0.5) is 0 Å². The Morgan fingerprint density at radius 1 is 0.730 bits per heavy atom. The van der Waals surface area contributed by atoms with E-state index in [0.29, 0.717) is 18.5 Å². The molecule has 1 aromatic carbocycles. The van der Waals surface area contributed by atoms with Crippen molar-refractivity contribution in [1.29, 1.82) is 0 Å². The van der Waals surface area contributed by atoms with Crippen LogP contribution in [0.3, 0.4) is 0 Å². The summed E-state index contributed by atoms with van der Waals surface area (Å²) in [5.41, 5.74) is 0.975. The molecule has 2 fully saturated rings. The molecule has 1 aliphatic carbocycles. The number of unbranched alkanes of at least 4 members (excludes halogenated alkanes) is 8. The maximum Gasteiger partial charge on any atom is 0.159 e. The molecule has 5 heteroatoms. The van der Waals surface area contributed by atoms with Gasteiger partial charge in [-0.3, -0.25) is 0 Å². The van der Waals surface area contributed by atoms with E-state index in [1.807, 2.05) is 24.3 Å². The van der Waals surface area contributed by atoms with Crippen molar-refractivity contribution in [2.75, 3.05) is 13.2 Å². The molecule has 2 aliphatic rings. The molecule has 2 atom stereocenters. The largest absolute Gasteiger partial charge is 0.491 e. The molecule has 0 radical (unpaired) electrons. The molecule has 0 N–H and O–H groups in total. The van der Waals surface area contributed by atoms with Crippen LogP contribution < -0.4 is 9.47 Å². The number of rotatable bonds is 19. The lowest BCUT2D eigenvalue weighted by Crippen LogP contribution is -2.07. The zero-order chi connectivity index (χ0) is 25.5. The highest BCUT2D eigenvalue weighted by molar-refractivity contribution is 5.56. The molecular weight excluding hydrogens is 460 g/mol. The fourth-order valence-corrected chi connectivity index (χ4v) is 5.50. The smallest absolute Gasteiger partial charge is 0.159 e. The maximum atomic E-state index is 5.92. The fourth-order valence-electron chi connectivity index (χ4n) is 5.50. The third-order valence-electron chi connectivity index (χ3n) is 7.93. The van der Waals surface area contributed by atoms with Gasteiger partial charge in [0.25, 0.3) is 0 Å². The standard InChI is InChI=1S/C32H48N2O3/c1-2-3-4-10-17-30-31(37-30)25-36-28-20-18-27(19-21-28)32-33-23-29(24-34-32)35-22-13-8-6-5-7-9-14-26-15-11-12-16-26/h18-21,23-24,26,30-31H,2-17,22,25H2,1H3. The van der Waals surface area contributed by atoms with Crippen LogP contribution in [0.5, 0.6) is 11.5 Å². The summed E-state index contributed by atoms with van der Waals surface area (Å²) in [7, 11) is 0. The van der Waals surface area contributed by atoms with Gasteiger partial charge in [-0.1, -0.05) is 96.8 Å². The van der Waals surface area contributed by atoms with Gasteiger partial charge in [-0.15, -0.1) is 0 Å². The van der Waals surface area contributed by atoms with E-state index in [9.17, 15) is 0 Å². The van der Waals surface area contributed by atoms with Crippen LogP contribution in [-0.2, 0) is 4.74 Å². The predicted molar refractivity (Wildman–Crippen MR) is 150 cm³/mol. The van der Waals surface area contributed by atoms with Gasteiger partial charge in [0.05, 0.1) is 25.1 Å². The van der Waals surface area contributed by atoms with Gasteiger partial charge >= 0.3 is 0 Å². The van der Waals surface area contributed by atoms with Crippen molar-refractivity contribution in [3.63, 3.8) is 0 Å². The van der Waals surface area contributed by atoms with Crippen molar-refractivity contribution < 1.29 is 14.2 Å². The Kier molecular flexibility index (Phi) is 12.0. The normalized spacial score (nSPS) is 19.3. The maximum absolute atomic E-state index is 5.92. The first kappa shape index (κ1) is 27.9. The molecule has 0 spiro atoms. The van der Waals surface area contributed by atoms with Gasteiger partial charge in [0.1, 0.15) is 18.5 Å². The lowest BCUT2D eigenvalue weighted by atomic mass is 9.99. The van der Waals surface area contributed by atoms with E-state index < -0.39 is 0 Å². The number of epoxide rings is 1. The fraction of sp³-hybridized carbons (Fsp3) is 0.688. The summed E-state index contributed by atoms with van der Waals surface area (Å²) in [4.78, 5) is 9.00. The number of hydrogen-bond donors (Lipinski definition) is 0. The van der Waals surface area contributed by atoms with Crippen molar-refractivity contribution in [2.45, 2.75) is 122 Å². The molecule has 0 amide bonds. The highest BCUT2D eigenvalue weighted by Gasteiger charge is 2.38. The highest BCUT2D eigenvalue weighted by atomic mass is 16.6. The molecule has 1 saturated heterocycles. The van der Waals surface area contributed by atoms with Gasteiger partial charge in [-0.05, 0) is 43.0 Å². The molecule has 204 valence electrons. The van der Waals surface area contributed by atoms with Crippen LogP contribution in [0.1, 0.15) is 110 Å². The Balaban J connectivity index is 1.04. The molecule has 37 heavy (non-hydrogen) atoms. The molecule has 1 aliphatic heterocycles. The van der Waals surface area contributed by atoms with E-state index >= 15 is 0 Å². The molecule has 2 aromatic rings. The van der Waals surface area contributed by atoms with Crippen LogP contribution in [0.15, 0.2) is 36.7 Å². The molecule has 2 heterocycles. The monoisotopic (exact) mass is 508 g/mol. The Morgan fingerprint density at radius 2 is 1.41 bits per heavy atom. The van der Waals surface area contributed by atoms with Crippen LogP contribution in [-0.4, -0.2) is 35.4 Å². The molecule has 5 nitrogen and oxygen atoms in total. The number of benzene rings is 1. The molecular formula is C32H48N2O3. The van der Waals surface area contributed by atoms with Gasteiger partial charge in [-0.25, -0.2) is 9.97 Å². The zero-order valence-corrected chi connectivity index (χ0v) is 23.0. The van der Waals surface area contributed by atoms with E-state index in [-0.39, 0.29) is 6.10 Å². The van der Waals surface area contributed by atoms with Crippen molar-refractivity contribution in [2.24, 2.45) is 5.92 Å². The Hall–Kier alpha value is -2.14. The first-order valence-electron chi connectivity index (χ1n) is 15.2. The Morgan fingerprint density at radius 3 is 2.16 bits per heavy atom. The van der Waals surface area contributed by atoms with Gasteiger partial charge in [-0.2, -0.15) is 0 Å². The Bertz CT molecular complexity index is 865. The van der Waals surface area contributed by atoms with Gasteiger partial charge < -0.3 is 14.2 Å². The van der Waals surface area contributed by atoms with E-state index in [4.69, 9.17) is 14.2 Å². The molecule has 1 aromatic heterocycles. The quantitative estimate of drug-likeness (QED) is 0.140. The number of ether oxygens (including phenoxy) is 3. The van der Waals surface area contributed by atoms with Gasteiger partial charge in [0, 0.05) is 5.56 Å². The lowest BCUT2D eigenvalue weighted by molar-refractivity contribution is 0.259. The zero-order valence-electron chi connectivity index (χ0n) is 23.0. The minimum Gasteiger partial charge on any atom is -0.491 e. The van der Waals surface area contributed by atoms with Gasteiger partial charge in [0.2, 0.25) is 0 Å². The number of hydrogen-bond acceptors (Lipinski definition) is 5. The summed E-state index contributed by atoms with van der Waals surface area (Å²) in [5, 5.41) is 0. The third kappa shape index (κ3) is 10.3. The second-order valence-electron chi connectivity index (χ2n) is 11.0. The second kappa shape index (κ2) is 16.0. The summed E-state index contributed by atoms with van der Waals surface area (Å²) in [6, 6.07) is 7.98. The second-order valence-corrected chi connectivity index (χ2v) is 11.0. The van der Waals surface area contributed by atoms with Crippen LogP contribution >= 0.6 is 0 Å². The summed E-state index contributed by atoms with van der Waals surface area (Å²) in [6.07, 6.45) is 25.7. The summed E-state index contributed by atoms with van der Waals surface area (Å²) < 4.78 is 17.5. The SMILES string of the molecule is CCCCCCC1OC1COc1ccc(-c2ncc(OCCCCCCCCC3CCCC3)cn2)cc1. The average molecular weight is 509 g/mol. The summed E-state index contributed by atoms with van der Waals surface area (Å²) in [5.74, 6) is 3.35. The number of aromatic nitrogens is 2. The average Bonchev–Trinajstić information content (AvgIpc) is 3.48. The first-order valence-corrected chi connectivity index (χ1v) is 15.2. The Labute approximate surface area is 224 Å². The highest BCUT2D eigenvalue weighted by Crippen LogP contribution is 2.30. The predicted octanol–water partition coefficient (Wildman–Crippen LogP) is 8.56. The van der Waals surface area contributed by atoms with Gasteiger partial charge in [0.15, 0.2) is 11.6 Å². The van der Waals surface area contributed by atoms with Crippen molar-refractivity contribution in [3.8, 4) is 22.9 Å². The van der Waals surface area contributed by atoms with Crippen molar-refractivity contribution in [3.05, 3.63) is 36.7 Å². The van der Waals surface area contributed by atoms with E-state index in [1.165, 1.54) is 89.9 Å². The minimum atomic E-state index is 0.253. The molecule has 4 rings (SSSR count). The third-order valence-corrected chi connectivity index (χ3v) is 7.93. The van der Waals surface area contributed by atoms with Crippen molar-refractivity contribution in [1.82, 2.24) is 9.97 Å².